The van der Waals surface area contributed by atoms with Crippen molar-refractivity contribution in [2.75, 3.05) is 0 Å². The van der Waals surface area contributed by atoms with E-state index in [2.05, 4.69) is 41.5 Å². The Morgan fingerprint density at radius 2 is 0.711 bits per heavy atom. The number of carbonyl (C=O) groups is 2. The van der Waals surface area contributed by atoms with E-state index in [1.807, 2.05) is 0 Å². The molecule has 4 nitrogen and oxygen atoms in total. The standard InChI is InChI=1S/C8H6O4.6C4H9.2Sn/c9-7(10)5-3-1-2-4-6(5)8(11)12;6*1-3-4-2;;/h1-4H,(H,9,10)(H,11,12);6*1,3-4H2,2H3;;. The third-order valence-corrected chi connectivity index (χ3v) is 24.9. The molecule has 2 radical (unpaired) electrons. The predicted octanol–water partition coefficient (Wildman–Crippen LogP) is 10.8. The van der Waals surface area contributed by atoms with Gasteiger partial charge in [-0.05, 0) is 12.1 Å². The number of hydrogen-bond donors (Lipinski definition) is 2. The second-order valence-corrected chi connectivity index (χ2v) is 27.4. The van der Waals surface area contributed by atoms with Crippen molar-refractivity contribution < 1.29 is 19.8 Å². The monoisotopic (exact) mass is 748 g/mol. The topological polar surface area (TPSA) is 74.6 Å². The van der Waals surface area contributed by atoms with Crippen molar-refractivity contribution >= 4 is 51.5 Å². The van der Waals surface area contributed by atoms with Crippen LogP contribution in [0.5, 0.6) is 0 Å². The van der Waals surface area contributed by atoms with Gasteiger partial charge in [0.05, 0.1) is 11.1 Å². The second-order valence-electron chi connectivity index (χ2n) is 10.3. The maximum absolute atomic E-state index is 10.5. The van der Waals surface area contributed by atoms with Gasteiger partial charge in [-0.2, -0.15) is 0 Å². The van der Waals surface area contributed by atoms with Gasteiger partial charge < -0.3 is 10.2 Å². The molecule has 1 aromatic rings. The van der Waals surface area contributed by atoms with Gasteiger partial charge >= 0.3 is 197 Å². The Bertz CT molecular complexity index is 586. The molecule has 0 saturated heterocycles. The van der Waals surface area contributed by atoms with Crippen molar-refractivity contribution in [3.8, 4) is 0 Å². The zero-order valence-electron chi connectivity index (χ0n) is 25.7. The maximum Gasteiger partial charge on any atom is 0.336 e. The Kier molecular flexibility index (Phi) is 31.2. The minimum Gasteiger partial charge on any atom is -0.478 e. The zero-order valence-corrected chi connectivity index (χ0v) is 31.5. The van der Waals surface area contributed by atoms with E-state index in [1.165, 1.54) is 101 Å². The number of aromatic carboxylic acids is 2. The minimum absolute atomic E-state index is 0.190. The molecule has 220 valence electrons. The van der Waals surface area contributed by atoms with Crippen LogP contribution in [0.25, 0.3) is 0 Å². The van der Waals surface area contributed by atoms with Crippen LogP contribution in [-0.4, -0.2) is 61.7 Å². The first kappa shape index (κ1) is 39.9. The van der Waals surface area contributed by atoms with E-state index in [9.17, 15) is 9.59 Å². The van der Waals surface area contributed by atoms with Gasteiger partial charge in [0.2, 0.25) is 0 Å². The third-order valence-electron chi connectivity index (χ3n) is 6.69. The maximum atomic E-state index is 10.5. The SMILES string of the molecule is CCC[CH2][Sn]([CH2]CCC)[CH2]CCC.CCC[CH2][Sn]([CH2]CCC)[CH2]CCC.O=C(O)c1ccccc1C(=O)O. The summed E-state index contributed by atoms with van der Waals surface area (Å²) in [7, 11) is 0. The number of carboxylic acid groups (broad SMARTS) is 2. The van der Waals surface area contributed by atoms with E-state index in [0.717, 1.165) is 0 Å². The first-order chi connectivity index (χ1) is 18.3. The quantitative estimate of drug-likeness (QED) is 0.130. The summed E-state index contributed by atoms with van der Waals surface area (Å²) in [6.07, 6.45) is 17.7. The summed E-state index contributed by atoms with van der Waals surface area (Å²) in [5.41, 5.74) is -0.380. The molecule has 0 aliphatic heterocycles. The first-order valence-electron chi connectivity index (χ1n) is 15.5. The molecule has 0 saturated carbocycles. The summed E-state index contributed by atoms with van der Waals surface area (Å²) in [5, 5.41) is 17.1. The first-order valence-corrected chi connectivity index (χ1v) is 27.7. The van der Waals surface area contributed by atoms with Crippen LogP contribution < -0.4 is 0 Å². The molecule has 0 heterocycles. The molecule has 0 spiro atoms. The normalized spacial score (nSPS) is 10.5. The van der Waals surface area contributed by atoms with Gasteiger partial charge in [-0.1, -0.05) is 12.1 Å². The largest absolute Gasteiger partial charge is 0.478 e. The minimum atomic E-state index is -1.23. The van der Waals surface area contributed by atoms with Gasteiger partial charge in [-0.3, -0.25) is 0 Å². The molecule has 0 aliphatic carbocycles. The average molecular weight is 746 g/mol. The Balaban J connectivity index is 0. The molecule has 1 aromatic carbocycles. The van der Waals surface area contributed by atoms with Crippen LogP contribution in [0.15, 0.2) is 24.3 Å². The molecule has 0 amide bonds. The summed E-state index contributed by atoms with van der Waals surface area (Å²) in [4.78, 5) is 20.9. The number of unbranched alkanes of at least 4 members (excludes halogenated alkanes) is 6. The molecule has 0 atom stereocenters. The Labute approximate surface area is 250 Å². The van der Waals surface area contributed by atoms with Crippen molar-refractivity contribution in [3.63, 3.8) is 0 Å². The average Bonchev–Trinajstić information content (AvgIpc) is 2.92. The van der Waals surface area contributed by atoms with E-state index in [1.54, 1.807) is 26.6 Å². The molecule has 2 N–H and O–H groups in total. The summed E-state index contributed by atoms with van der Waals surface area (Å²) < 4.78 is 10.1. The molecular formula is C32H60O4Sn2. The summed E-state index contributed by atoms with van der Waals surface area (Å²) in [5.74, 6) is -2.46. The van der Waals surface area contributed by atoms with E-state index in [4.69, 9.17) is 10.2 Å². The third kappa shape index (κ3) is 23.6. The summed E-state index contributed by atoms with van der Waals surface area (Å²) in [6, 6.07) is 5.48. The Hall–Kier alpha value is -0.243. The van der Waals surface area contributed by atoms with Crippen LogP contribution >= 0.6 is 0 Å². The van der Waals surface area contributed by atoms with Gasteiger partial charge in [0, 0.05) is 0 Å². The van der Waals surface area contributed by atoms with Gasteiger partial charge in [0.25, 0.3) is 0 Å². The van der Waals surface area contributed by atoms with Crippen LogP contribution in [0.1, 0.15) is 139 Å². The Morgan fingerprint density at radius 1 is 0.500 bits per heavy atom. The molecule has 0 aromatic heterocycles. The van der Waals surface area contributed by atoms with E-state index >= 15 is 0 Å². The van der Waals surface area contributed by atoms with Crippen LogP contribution in [0.4, 0.5) is 0 Å². The van der Waals surface area contributed by atoms with Crippen molar-refractivity contribution in [3.05, 3.63) is 35.4 Å². The molecule has 0 unspecified atom stereocenters. The molecular weight excluding hydrogens is 686 g/mol. The number of carboxylic acids is 2. The van der Waals surface area contributed by atoms with Gasteiger partial charge in [-0.15, -0.1) is 0 Å². The fourth-order valence-corrected chi connectivity index (χ4v) is 23.1. The Morgan fingerprint density at radius 3 is 0.868 bits per heavy atom. The fourth-order valence-electron chi connectivity index (χ4n) is 4.17. The van der Waals surface area contributed by atoms with Crippen molar-refractivity contribution in [1.29, 1.82) is 0 Å². The fraction of sp³-hybridized carbons (Fsp3) is 0.750. The van der Waals surface area contributed by atoms with Crippen LogP contribution in [0.2, 0.25) is 26.6 Å². The number of rotatable bonds is 20. The van der Waals surface area contributed by atoms with Gasteiger partial charge in [0.15, 0.2) is 0 Å². The molecule has 0 aliphatic rings. The van der Waals surface area contributed by atoms with Crippen molar-refractivity contribution in [2.24, 2.45) is 0 Å². The van der Waals surface area contributed by atoms with Crippen molar-refractivity contribution in [1.82, 2.24) is 0 Å². The van der Waals surface area contributed by atoms with Crippen LogP contribution in [-0.2, 0) is 0 Å². The molecule has 0 fully saturated rings. The molecule has 38 heavy (non-hydrogen) atoms. The summed E-state index contributed by atoms with van der Waals surface area (Å²) in [6.45, 7) is 14.0. The second kappa shape index (κ2) is 29.7. The van der Waals surface area contributed by atoms with E-state index in [-0.39, 0.29) is 11.1 Å². The smallest absolute Gasteiger partial charge is 0.336 e. The van der Waals surface area contributed by atoms with Crippen molar-refractivity contribution in [2.45, 2.75) is 145 Å². The summed E-state index contributed by atoms with van der Waals surface area (Å²) >= 11 is -1.68. The molecule has 0 bridgehead atoms. The van der Waals surface area contributed by atoms with Crippen LogP contribution in [0.3, 0.4) is 0 Å². The zero-order chi connectivity index (χ0) is 29.0. The predicted molar refractivity (Wildman–Crippen MR) is 170 cm³/mol. The van der Waals surface area contributed by atoms with Gasteiger partial charge in [-0.25, -0.2) is 9.59 Å². The number of hydrogen-bond acceptors (Lipinski definition) is 2. The van der Waals surface area contributed by atoms with E-state index in [0.29, 0.717) is 0 Å². The number of benzene rings is 1. The molecule has 1 rings (SSSR count). The van der Waals surface area contributed by atoms with Gasteiger partial charge in [0.1, 0.15) is 0 Å². The van der Waals surface area contributed by atoms with E-state index < -0.39 is 51.5 Å². The van der Waals surface area contributed by atoms with Crippen LogP contribution in [0, 0.1) is 0 Å². The molecule has 6 heteroatoms.